The first-order valence-electron chi connectivity index (χ1n) is 10.2. The summed E-state index contributed by atoms with van der Waals surface area (Å²) < 4.78 is 5.55. The Hall–Kier alpha value is -2.45. The van der Waals surface area contributed by atoms with Gasteiger partial charge in [0, 0.05) is 23.9 Å². The molecule has 30 heavy (non-hydrogen) atoms. The number of carbonyl (C=O) groups is 1. The Bertz CT molecular complexity index is 952. The zero-order valence-corrected chi connectivity index (χ0v) is 19.0. The van der Waals surface area contributed by atoms with Crippen molar-refractivity contribution in [2.75, 3.05) is 37.4 Å². The molecule has 1 aliphatic heterocycles. The molecule has 1 unspecified atom stereocenters. The second-order valence-corrected chi connectivity index (χ2v) is 7.86. The van der Waals surface area contributed by atoms with Crippen LogP contribution in [0.5, 0.6) is 5.75 Å². The third-order valence-corrected chi connectivity index (χ3v) is 5.83. The van der Waals surface area contributed by atoms with Crippen LogP contribution in [-0.4, -0.2) is 58.4 Å². The third-order valence-electron chi connectivity index (χ3n) is 5.55. The minimum Gasteiger partial charge on any atom is -0.496 e. The number of methoxy groups -OCH3 is 1. The number of halogens is 1. The summed E-state index contributed by atoms with van der Waals surface area (Å²) in [6, 6.07) is -0.333. The first-order chi connectivity index (χ1) is 14.3. The van der Waals surface area contributed by atoms with E-state index < -0.39 is 0 Å². The van der Waals surface area contributed by atoms with Crippen molar-refractivity contribution in [1.82, 2.24) is 19.9 Å². The van der Waals surface area contributed by atoms with E-state index in [2.05, 4.69) is 33.7 Å². The van der Waals surface area contributed by atoms with E-state index in [1.807, 2.05) is 18.7 Å². The number of Topliss-reactive ketones (excluding diaryl/α,β-unsaturated/α-hetero) is 1. The SMILES string of the molecule is CCCN(CC)C1CN(Cc2ncc(C)c(OC)c2C)c2nc(N)nc(Cl)c2C1=O. The highest BCUT2D eigenvalue weighted by Gasteiger charge is 2.38. The van der Waals surface area contributed by atoms with Crippen LogP contribution in [0.2, 0.25) is 5.15 Å². The van der Waals surface area contributed by atoms with Crippen LogP contribution >= 0.6 is 11.6 Å². The van der Waals surface area contributed by atoms with E-state index in [4.69, 9.17) is 22.1 Å². The molecule has 2 aromatic heterocycles. The van der Waals surface area contributed by atoms with Crippen molar-refractivity contribution in [1.29, 1.82) is 0 Å². The van der Waals surface area contributed by atoms with Crippen LogP contribution in [0.4, 0.5) is 11.8 Å². The van der Waals surface area contributed by atoms with Crippen molar-refractivity contribution in [2.45, 2.75) is 46.7 Å². The van der Waals surface area contributed by atoms with Crippen LogP contribution in [0.15, 0.2) is 6.20 Å². The molecule has 8 nitrogen and oxygen atoms in total. The Morgan fingerprint density at radius 3 is 2.70 bits per heavy atom. The number of nitrogen functional groups attached to an aromatic ring is 1. The number of anilines is 2. The number of nitrogens with two attached hydrogens (primary N) is 1. The molecule has 3 heterocycles. The molecule has 0 aromatic carbocycles. The fourth-order valence-electron chi connectivity index (χ4n) is 4.08. The van der Waals surface area contributed by atoms with Crippen LogP contribution in [0, 0.1) is 13.8 Å². The lowest BCUT2D eigenvalue weighted by Gasteiger charge is -2.39. The number of hydrogen-bond donors (Lipinski definition) is 1. The average molecular weight is 433 g/mol. The normalized spacial score (nSPS) is 16.2. The summed E-state index contributed by atoms with van der Waals surface area (Å²) in [7, 11) is 1.65. The molecule has 9 heteroatoms. The summed E-state index contributed by atoms with van der Waals surface area (Å²) in [5.41, 5.74) is 8.97. The summed E-state index contributed by atoms with van der Waals surface area (Å²) >= 11 is 6.37. The molecule has 0 radical (unpaired) electrons. The average Bonchev–Trinajstić information content (AvgIpc) is 2.70. The molecular weight excluding hydrogens is 404 g/mol. The number of hydrogen-bond acceptors (Lipinski definition) is 8. The Balaban J connectivity index is 2.07. The predicted octanol–water partition coefficient (Wildman–Crippen LogP) is 3.04. The molecule has 0 saturated heterocycles. The first-order valence-corrected chi connectivity index (χ1v) is 10.5. The van der Waals surface area contributed by atoms with Crippen LogP contribution in [-0.2, 0) is 6.54 Å². The predicted molar refractivity (Wildman–Crippen MR) is 118 cm³/mol. The summed E-state index contributed by atoms with van der Waals surface area (Å²) in [6.07, 6.45) is 2.75. The van der Waals surface area contributed by atoms with Crippen LogP contribution in [0.25, 0.3) is 0 Å². The van der Waals surface area contributed by atoms with E-state index in [0.717, 1.165) is 42.1 Å². The largest absolute Gasteiger partial charge is 0.496 e. The Labute approximate surface area is 182 Å². The lowest BCUT2D eigenvalue weighted by atomic mass is 9.98. The number of rotatable bonds is 7. The van der Waals surface area contributed by atoms with Gasteiger partial charge in [-0.3, -0.25) is 14.7 Å². The lowest BCUT2D eigenvalue weighted by Crippen LogP contribution is -2.53. The molecule has 162 valence electrons. The van der Waals surface area contributed by atoms with Gasteiger partial charge in [0.15, 0.2) is 5.78 Å². The number of carbonyl (C=O) groups excluding carboxylic acids is 1. The van der Waals surface area contributed by atoms with Gasteiger partial charge in [-0.1, -0.05) is 25.4 Å². The zero-order valence-electron chi connectivity index (χ0n) is 18.2. The number of aromatic nitrogens is 3. The van der Waals surface area contributed by atoms with Crippen LogP contribution < -0.4 is 15.4 Å². The van der Waals surface area contributed by atoms with Gasteiger partial charge in [-0.2, -0.15) is 4.98 Å². The van der Waals surface area contributed by atoms with E-state index in [1.165, 1.54) is 0 Å². The standard InChI is InChI=1S/C21H29ClN6O2/c1-6-8-27(7-2)15-11-28(10-14-13(4)18(30-5)12(3)9-24-14)20-16(17(15)29)19(22)25-21(23)26-20/h9,15H,6-8,10-11H2,1-5H3,(H2,23,25,26). The van der Waals surface area contributed by atoms with Gasteiger partial charge in [0.25, 0.3) is 0 Å². The third kappa shape index (κ3) is 4.06. The number of pyridine rings is 1. The van der Waals surface area contributed by atoms with Gasteiger partial charge < -0.3 is 15.4 Å². The fourth-order valence-corrected chi connectivity index (χ4v) is 4.34. The molecule has 0 aliphatic carbocycles. The molecule has 2 N–H and O–H groups in total. The van der Waals surface area contributed by atoms with E-state index in [9.17, 15) is 4.79 Å². The molecule has 0 saturated carbocycles. The van der Waals surface area contributed by atoms with Crippen molar-refractivity contribution in [3.63, 3.8) is 0 Å². The molecule has 1 atom stereocenters. The highest BCUT2D eigenvalue weighted by molar-refractivity contribution is 6.34. The minimum absolute atomic E-state index is 0.0436. The number of ether oxygens (including phenoxy) is 1. The highest BCUT2D eigenvalue weighted by atomic mass is 35.5. The number of likely N-dealkylation sites (N-methyl/N-ethyl adjacent to an activating group) is 1. The van der Waals surface area contributed by atoms with Crippen molar-refractivity contribution < 1.29 is 9.53 Å². The monoisotopic (exact) mass is 432 g/mol. The summed E-state index contributed by atoms with van der Waals surface area (Å²) in [5.74, 6) is 1.25. The van der Waals surface area contributed by atoms with Crippen molar-refractivity contribution >= 4 is 29.2 Å². The zero-order chi connectivity index (χ0) is 22.0. The summed E-state index contributed by atoms with van der Waals surface area (Å²) in [6.45, 7) is 10.6. The molecular formula is C21H29ClN6O2. The van der Waals surface area contributed by atoms with Gasteiger partial charge in [-0.15, -0.1) is 0 Å². The van der Waals surface area contributed by atoms with Crippen LogP contribution in [0.1, 0.15) is 47.4 Å². The van der Waals surface area contributed by atoms with Crippen LogP contribution in [0.3, 0.4) is 0 Å². The molecule has 1 aliphatic rings. The van der Waals surface area contributed by atoms with Crippen molar-refractivity contribution in [3.8, 4) is 5.75 Å². The number of ketones is 1. The lowest BCUT2D eigenvalue weighted by molar-refractivity contribution is 0.0818. The topological polar surface area (TPSA) is 97.5 Å². The molecule has 0 bridgehead atoms. The van der Waals surface area contributed by atoms with Crippen molar-refractivity contribution in [2.24, 2.45) is 0 Å². The number of nitrogens with zero attached hydrogens (tertiary/aromatic N) is 5. The first kappa shape index (κ1) is 22.2. The Morgan fingerprint density at radius 2 is 2.07 bits per heavy atom. The summed E-state index contributed by atoms with van der Waals surface area (Å²) in [4.78, 5) is 30.5. The van der Waals surface area contributed by atoms with E-state index in [-0.39, 0.29) is 22.9 Å². The smallest absolute Gasteiger partial charge is 0.223 e. The molecule has 0 spiro atoms. The van der Waals surface area contributed by atoms with E-state index >= 15 is 0 Å². The van der Waals surface area contributed by atoms with Gasteiger partial charge >= 0.3 is 0 Å². The second-order valence-electron chi connectivity index (χ2n) is 7.51. The second kappa shape index (κ2) is 9.14. The number of fused-ring (bicyclic) bond motifs is 1. The fraction of sp³-hybridized carbons (Fsp3) is 0.524. The van der Waals surface area contributed by atoms with Gasteiger partial charge in [0.1, 0.15) is 16.7 Å². The number of aryl methyl sites for hydroxylation is 1. The molecule has 2 aromatic rings. The quantitative estimate of drug-likeness (QED) is 0.666. The molecule has 0 fully saturated rings. The summed E-state index contributed by atoms with van der Waals surface area (Å²) in [5, 5.41) is 0.0934. The minimum atomic E-state index is -0.333. The molecule has 0 amide bonds. The van der Waals surface area contributed by atoms with Crippen molar-refractivity contribution in [3.05, 3.63) is 33.7 Å². The van der Waals surface area contributed by atoms with Gasteiger partial charge in [-0.25, -0.2) is 4.98 Å². The maximum atomic E-state index is 13.3. The van der Waals surface area contributed by atoms with Gasteiger partial charge in [0.2, 0.25) is 5.95 Å². The van der Waals surface area contributed by atoms with Gasteiger partial charge in [-0.05, 0) is 33.4 Å². The highest BCUT2D eigenvalue weighted by Crippen LogP contribution is 2.34. The van der Waals surface area contributed by atoms with Gasteiger partial charge in [0.05, 0.1) is 31.0 Å². The van der Waals surface area contributed by atoms with E-state index in [1.54, 1.807) is 13.3 Å². The molecule has 3 rings (SSSR count). The maximum Gasteiger partial charge on any atom is 0.223 e. The Kier molecular flexibility index (Phi) is 6.77. The van der Waals surface area contributed by atoms with E-state index in [0.29, 0.717) is 24.5 Å². The maximum absolute atomic E-state index is 13.3. The Morgan fingerprint density at radius 1 is 1.33 bits per heavy atom.